The summed E-state index contributed by atoms with van der Waals surface area (Å²) >= 11 is 6.24. The third kappa shape index (κ3) is 2.66. The molecule has 2 unspecified atom stereocenters. The van der Waals surface area contributed by atoms with Gasteiger partial charge in [0, 0.05) is 35.7 Å². The number of fused-ring (bicyclic) bond motifs is 1. The van der Waals surface area contributed by atoms with Crippen LogP contribution in [0.3, 0.4) is 0 Å². The molecule has 1 aliphatic rings. The summed E-state index contributed by atoms with van der Waals surface area (Å²) < 4.78 is 0. The summed E-state index contributed by atoms with van der Waals surface area (Å²) in [5.74, 6) is 0.551. The zero-order valence-corrected chi connectivity index (χ0v) is 12.5. The predicted octanol–water partition coefficient (Wildman–Crippen LogP) is 3.06. The molecule has 1 fully saturated rings. The fourth-order valence-electron chi connectivity index (χ4n) is 2.96. The van der Waals surface area contributed by atoms with Gasteiger partial charge in [0.25, 0.3) is 0 Å². The van der Waals surface area contributed by atoms with Crippen LogP contribution < -0.4 is 5.73 Å². The number of halogens is 1. The van der Waals surface area contributed by atoms with Gasteiger partial charge in [-0.25, -0.2) is 0 Å². The number of nitrogens with zero attached hydrogens (tertiary/aromatic N) is 2. The van der Waals surface area contributed by atoms with Crippen molar-refractivity contribution in [1.29, 1.82) is 0 Å². The summed E-state index contributed by atoms with van der Waals surface area (Å²) in [4.78, 5) is 6.97. The van der Waals surface area contributed by atoms with Crippen LogP contribution >= 0.6 is 11.6 Å². The molecule has 0 amide bonds. The predicted molar refractivity (Wildman–Crippen MR) is 83.8 cm³/mol. The molecule has 1 saturated heterocycles. The van der Waals surface area contributed by atoms with Gasteiger partial charge < -0.3 is 5.73 Å². The maximum atomic E-state index is 6.24. The van der Waals surface area contributed by atoms with E-state index in [1.807, 2.05) is 24.4 Å². The van der Waals surface area contributed by atoms with Gasteiger partial charge in [0.05, 0.1) is 5.52 Å². The fourth-order valence-corrected chi connectivity index (χ4v) is 3.17. The molecule has 0 aliphatic carbocycles. The third-order valence-electron chi connectivity index (χ3n) is 4.25. The number of rotatable bonds is 2. The van der Waals surface area contributed by atoms with Crippen LogP contribution in [0.15, 0.2) is 30.5 Å². The van der Waals surface area contributed by atoms with Gasteiger partial charge in [0.2, 0.25) is 0 Å². The van der Waals surface area contributed by atoms with Crippen LogP contribution in [-0.4, -0.2) is 29.0 Å². The van der Waals surface area contributed by atoms with Crippen LogP contribution in [0.2, 0.25) is 5.02 Å². The van der Waals surface area contributed by atoms with E-state index in [4.69, 9.17) is 17.3 Å². The zero-order chi connectivity index (χ0) is 14.1. The van der Waals surface area contributed by atoms with Crippen LogP contribution in [-0.2, 0) is 6.54 Å². The summed E-state index contributed by atoms with van der Waals surface area (Å²) in [5, 5.41) is 1.80. The average molecular weight is 290 g/mol. The van der Waals surface area contributed by atoms with Crippen molar-refractivity contribution in [1.82, 2.24) is 9.88 Å². The Kier molecular flexibility index (Phi) is 3.92. The maximum Gasteiger partial charge on any atom is 0.0761 e. The van der Waals surface area contributed by atoms with Crippen molar-refractivity contribution in [2.24, 2.45) is 11.7 Å². The van der Waals surface area contributed by atoms with Gasteiger partial charge in [-0.1, -0.05) is 24.6 Å². The van der Waals surface area contributed by atoms with Crippen molar-refractivity contribution in [3.05, 3.63) is 41.0 Å². The number of pyridine rings is 1. The molecule has 1 aromatic carbocycles. The van der Waals surface area contributed by atoms with Crippen molar-refractivity contribution < 1.29 is 0 Å². The summed E-state index contributed by atoms with van der Waals surface area (Å²) in [6.07, 6.45) is 2.90. The first-order valence-electron chi connectivity index (χ1n) is 7.15. The minimum Gasteiger partial charge on any atom is -0.327 e. The molecule has 2 N–H and O–H groups in total. The van der Waals surface area contributed by atoms with Crippen LogP contribution in [0.5, 0.6) is 0 Å². The molecule has 0 saturated carbocycles. The van der Waals surface area contributed by atoms with Crippen LogP contribution in [0.25, 0.3) is 10.9 Å². The van der Waals surface area contributed by atoms with E-state index in [2.05, 4.69) is 22.9 Å². The minimum atomic E-state index is 0.339. The van der Waals surface area contributed by atoms with E-state index in [0.29, 0.717) is 12.0 Å². The molecule has 1 aliphatic heterocycles. The van der Waals surface area contributed by atoms with Crippen molar-refractivity contribution in [2.75, 3.05) is 13.1 Å². The lowest BCUT2D eigenvalue weighted by Crippen LogP contribution is -2.45. The molecule has 2 aromatic rings. The van der Waals surface area contributed by atoms with Gasteiger partial charge in [0.15, 0.2) is 0 Å². The van der Waals surface area contributed by atoms with E-state index in [-0.39, 0.29) is 0 Å². The highest BCUT2D eigenvalue weighted by Gasteiger charge is 2.23. The van der Waals surface area contributed by atoms with E-state index in [9.17, 15) is 0 Å². The van der Waals surface area contributed by atoms with Gasteiger partial charge in [-0.2, -0.15) is 0 Å². The molecule has 1 aromatic heterocycles. The first kappa shape index (κ1) is 13.8. The normalized spacial score (nSPS) is 24.1. The summed E-state index contributed by atoms with van der Waals surface area (Å²) in [7, 11) is 0. The van der Waals surface area contributed by atoms with E-state index in [1.54, 1.807) is 0 Å². The summed E-state index contributed by atoms with van der Waals surface area (Å²) in [6.45, 7) is 5.26. The Balaban J connectivity index is 1.86. The number of hydrogen-bond acceptors (Lipinski definition) is 3. The Morgan fingerprint density at radius 3 is 3.05 bits per heavy atom. The Hall–Kier alpha value is -1.16. The number of aromatic nitrogens is 1. The lowest BCUT2D eigenvalue weighted by atomic mass is 9.94. The second-order valence-corrected chi connectivity index (χ2v) is 6.18. The zero-order valence-electron chi connectivity index (χ0n) is 11.7. The highest BCUT2D eigenvalue weighted by atomic mass is 35.5. The molecule has 2 heterocycles. The smallest absolute Gasteiger partial charge is 0.0761 e. The summed E-state index contributed by atoms with van der Waals surface area (Å²) in [6, 6.07) is 8.37. The highest BCUT2D eigenvalue weighted by Crippen LogP contribution is 2.26. The Labute approximate surface area is 124 Å². The molecule has 0 bridgehead atoms. The van der Waals surface area contributed by atoms with Crippen molar-refractivity contribution >= 4 is 22.5 Å². The van der Waals surface area contributed by atoms with E-state index in [1.165, 1.54) is 5.56 Å². The van der Waals surface area contributed by atoms with E-state index < -0.39 is 0 Å². The highest BCUT2D eigenvalue weighted by molar-refractivity contribution is 6.35. The molecule has 3 rings (SSSR count). The quantitative estimate of drug-likeness (QED) is 0.924. The number of benzene rings is 1. The van der Waals surface area contributed by atoms with Crippen LogP contribution in [0.1, 0.15) is 18.9 Å². The van der Waals surface area contributed by atoms with Gasteiger partial charge in [-0.15, -0.1) is 0 Å². The van der Waals surface area contributed by atoms with Crippen molar-refractivity contribution in [3.8, 4) is 0 Å². The van der Waals surface area contributed by atoms with Gasteiger partial charge in [-0.05, 0) is 42.6 Å². The van der Waals surface area contributed by atoms with E-state index in [0.717, 1.165) is 42.0 Å². The average Bonchev–Trinajstić information content (AvgIpc) is 2.46. The Morgan fingerprint density at radius 1 is 1.40 bits per heavy atom. The molecule has 0 radical (unpaired) electrons. The number of hydrogen-bond donors (Lipinski definition) is 1. The molecule has 0 spiro atoms. The van der Waals surface area contributed by atoms with Gasteiger partial charge >= 0.3 is 0 Å². The molecule has 3 nitrogen and oxygen atoms in total. The molecule has 20 heavy (non-hydrogen) atoms. The Morgan fingerprint density at radius 2 is 2.25 bits per heavy atom. The summed E-state index contributed by atoms with van der Waals surface area (Å²) in [5.41, 5.74) is 8.35. The number of likely N-dealkylation sites (tertiary alicyclic amines) is 1. The second-order valence-electron chi connectivity index (χ2n) is 5.77. The maximum absolute atomic E-state index is 6.24. The minimum absolute atomic E-state index is 0.339. The number of piperidine rings is 1. The van der Waals surface area contributed by atoms with Gasteiger partial charge in [0.1, 0.15) is 0 Å². The molecular formula is C16H20ClN3. The topological polar surface area (TPSA) is 42.2 Å². The first-order valence-corrected chi connectivity index (χ1v) is 7.53. The van der Waals surface area contributed by atoms with Crippen molar-refractivity contribution in [3.63, 3.8) is 0 Å². The number of nitrogens with two attached hydrogens (primary N) is 1. The largest absolute Gasteiger partial charge is 0.327 e. The second kappa shape index (κ2) is 5.68. The molecule has 4 heteroatoms. The SMILES string of the molecule is CC1CN(Cc2ccc(Cl)c3cccnc23)CCC1N. The monoisotopic (exact) mass is 289 g/mol. The van der Waals surface area contributed by atoms with Crippen LogP contribution in [0, 0.1) is 5.92 Å². The van der Waals surface area contributed by atoms with E-state index >= 15 is 0 Å². The first-order chi connectivity index (χ1) is 9.65. The molecule has 2 atom stereocenters. The standard InChI is InChI=1S/C16H20ClN3/c1-11-9-20(8-6-15(11)18)10-12-4-5-14(17)13-3-2-7-19-16(12)13/h2-5,7,11,15H,6,8-10,18H2,1H3. The third-order valence-corrected chi connectivity index (χ3v) is 4.58. The molecule has 106 valence electrons. The van der Waals surface area contributed by atoms with Gasteiger partial charge in [-0.3, -0.25) is 9.88 Å². The molecular weight excluding hydrogens is 270 g/mol. The lowest BCUT2D eigenvalue weighted by molar-refractivity contribution is 0.158. The van der Waals surface area contributed by atoms with Crippen molar-refractivity contribution in [2.45, 2.75) is 25.9 Å². The Bertz CT molecular complexity index is 614. The lowest BCUT2D eigenvalue weighted by Gasteiger charge is -2.35. The van der Waals surface area contributed by atoms with Crippen LogP contribution in [0.4, 0.5) is 0 Å². The fraction of sp³-hybridized carbons (Fsp3) is 0.438.